The zero-order valence-electron chi connectivity index (χ0n) is 17.6. The van der Waals surface area contributed by atoms with Crippen LogP contribution in [0.25, 0.3) is 0 Å². The zero-order chi connectivity index (χ0) is 23.3. The lowest BCUT2D eigenvalue weighted by Crippen LogP contribution is -2.15. The van der Waals surface area contributed by atoms with Gasteiger partial charge in [-0.2, -0.15) is 0 Å². The van der Waals surface area contributed by atoms with Crippen LogP contribution in [0.4, 0.5) is 10.3 Å². The number of ether oxygens (including phenoxy) is 1. The minimum Gasteiger partial charge on any atom is -0.461 e. The maximum atomic E-state index is 12.4. The number of sulfonamides is 1. The summed E-state index contributed by atoms with van der Waals surface area (Å²) in [5.74, 6) is -0.640. The van der Waals surface area contributed by atoms with E-state index in [1.54, 1.807) is 30.5 Å². The molecule has 0 fully saturated rings. The number of nitrogens with one attached hydrogen (secondary N) is 2. The molecule has 32 heavy (non-hydrogen) atoms. The van der Waals surface area contributed by atoms with Crippen LogP contribution in [0.15, 0.2) is 40.6 Å². The standard InChI is InChI=1S/C20H22N4O5S3/c1-12(2)10-29-18(26)17-13(3)21-19(31-17)23-16(25)9-14-11-30-20(22-14)24-32(27,28)15-7-5-4-6-8-15/h4-8,11-12H,9-10H2,1-3H3,(H,22,24)(H,21,23,25). The minimum absolute atomic E-state index is 0.0741. The molecule has 0 atom stereocenters. The molecule has 3 aromatic rings. The van der Waals surface area contributed by atoms with E-state index in [2.05, 4.69) is 20.0 Å². The summed E-state index contributed by atoms with van der Waals surface area (Å²) in [6, 6.07) is 7.94. The Hall–Kier alpha value is -2.83. The molecule has 2 heterocycles. The topological polar surface area (TPSA) is 127 Å². The lowest BCUT2D eigenvalue weighted by molar-refractivity contribution is -0.115. The average Bonchev–Trinajstić information content (AvgIpc) is 3.32. The second kappa shape index (κ2) is 10.2. The molecule has 170 valence electrons. The van der Waals surface area contributed by atoms with Crippen LogP contribution in [0.3, 0.4) is 0 Å². The molecule has 12 heteroatoms. The van der Waals surface area contributed by atoms with Gasteiger partial charge in [0.2, 0.25) is 5.91 Å². The zero-order valence-corrected chi connectivity index (χ0v) is 20.1. The minimum atomic E-state index is -3.75. The van der Waals surface area contributed by atoms with Crippen LogP contribution in [0.1, 0.15) is 34.9 Å². The first-order valence-corrected chi connectivity index (χ1v) is 12.8. The van der Waals surface area contributed by atoms with Gasteiger partial charge in [-0.3, -0.25) is 9.52 Å². The molecular weight excluding hydrogens is 472 g/mol. The molecule has 0 unspecified atom stereocenters. The van der Waals surface area contributed by atoms with Crippen LogP contribution in [0, 0.1) is 12.8 Å². The lowest BCUT2D eigenvalue weighted by atomic mass is 10.2. The third-order valence-corrected chi connectivity index (χ3v) is 7.29. The number of aromatic nitrogens is 2. The van der Waals surface area contributed by atoms with Gasteiger partial charge in [0, 0.05) is 5.38 Å². The molecule has 0 bridgehead atoms. The molecule has 0 aliphatic rings. The number of carbonyl (C=O) groups excluding carboxylic acids is 2. The van der Waals surface area contributed by atoms with E-state index in [0.29, 0.717) is 22.9 Å². The van der Waals surface area contributed by atoms with Crippen molar-refractivity contribution in [3.8, 4) is 0 Å². The number of aryl methyl sites for hydroxylation is 1. The lowest BCUT2D eigenvalue weighted by Gasteiger charge is -2.05. The molecule has 9 nitrogen and oxygen atoms in total. The van der Waals surface area contributed by atoms with Crippen molar-refractivity contribution in [2.45, 2.75) is 32.1 Å². The van der Waals surface area contributed by atoms with E-state index in [1.807, 2.05) is 13.8 Å². The van der Waals surface area contributed by atoms with Gasteiger partial charge in [0.05, 0.1) is 29.3 Å². The van der Waals surface area contributed by atoms with Gasteiger partial charge < -0.3 is 10.1 Å². The highest BCUT2D eigenvalue weighted by Gasteiger charge is 2.20. The van der Waals surface area contributed by atoms with Crippen LogP contribution in [-0.2, 0) is 26.0 Å². The molecular formula is C20H22N4O5S3. The second-order valence-electron chi connectivity index (χ2n) is 7.21. The van der Waals surface area contributed by atoms with Gasteiger partial charge in [-0.25, -0.2) is 23.2 Å². The van der Waals surface area contributed by atoms with Crippen LogP contribution in [0.5, 0.6) is 0 Å². The summed E-state index contributed by atoms with van der Waals surface area (Å²) in [6.45, 7) is 5.85. The van der Waals surface area contributed by atoms with Crippen molar-refractivity contribution in [2.75, 3.05) is 16.6 Å². The quantitative estimate of drug-likeness (QED) is 0.434. The monoisotopic (exact) mass is 494 g/mol. The summed E-state index contributed by atoms with van der Waals surface area (Å²) < 4.78 is 32.4. The van der Waals surface area contributed by atoms with Gasteiger partial charge in [-0.1, -0.05) is 43.4 Å². The second-order valence-corrected chi connectivity index (χ2v) is 10.8. The molecule has 2 N–H and O–H groups in total. The van der Waals surface area contributed by atoms with Crippen molar-refractivity contribution >= 4 is 54.8 Å². The Morgan fingerprint density at radius 3 is 2.53 bits per heavy atom. The first-order chi connectivity index (χ1) is 15.1. The van der Waals surface area contributed by atoms with Gasteiger partial charge >= 0.3 is 5.97 Å². The summed E-state index contributed by atoms with van der Waals surface area (Å²) >= 11 is 2.12. The predicted molar refractivity (Wildman–Crippen MR) is 124 cm³/mol. The molecule has 3 rings (SSSR count). The van der Waals surface area contributed by atoms with Gasteiger partial charge in [0.25, 0.3) is 10.0 Å². The molecule has 0 spiro atoms. The number of nitrogens with zero attached hydrogens (tertiary/aromatic N) is 2. The molecule has 0 aliphatic heterocycles. The summed E-state index contributed by atoms with van der Waals surface area (Å²) in [6.07, 6.45) is -0.0741. The highest BCUT2D eigenvalue weighted by Crippen LogP contribution is 2.24. The third-order valence-electron chi connectivity index (χ3n) is 3.94. The van der Waals surface area contributed by atoms with E-state index in [-0.39, 0.29) is 33.4 Å². The van der Waals surface area contributed by atoms with E-state index in [4.69, 9.17) is 4.74 Å². The third kappa shape index (κ3) is 6.34. The van der Waals surface area contributed by atoms with Gasteiger partial charge in [-0.05, 0) is 25.0 Å². The number of amides is 1. The summed E-state index contributed by atoms with van der Waals surface area (Å²) in [7, 11) is -3.75. The fraction of sp³-hybridized carbons (Fsp3) is 0.300. The molecule has 2 aromatic heterocycles. The van der Waals surface area contributed by atoms with Crippen LogP contribution in [0.2, 0.25) is 0 Å². The average molecular weight is 495 g/mol. The van der Waals surface area contributed by atoms with Crippen LogP contribution < -0.4 is 10.0 Å². The fourth-order valence-electron chi connectivity index (χ4n) is 2.48. The first-order valence-electron chi connectivity index (χ1n) is 9.60. The van der Waals surface area contributed by atoms with Crippen molar-refractivity contribution in [1.29, 1.82) is 0 Å². The maximum Gasteiger partial charge on any atom is 0.350 e. The Balaban J connectivity index is 1.59. The number of esters is 1. The molecule has 0 saturated heterocycles. The van der Waals surface area contributed by atoms with Crippen molar-refractivity contribution in [3.63, 3.8) is 0 Å². The number of carbonyl (C=O) groups is 2. The van der Waals surface area contributed by atoms with Gasteiger partial charge in [-0.15, -0.1) is 11.3 Å². The first kappa shape index (κ1) is 23.8. The number of thiazole rings is 2. The Morgan fingerprint density at radius 2 is 1.84 bits per heavy atom. The van der Waals surface area contributed by atoms with Crippen LogP contribution >= 0.6 is 22.7 Å². The smallest absolute Gasteiger partial charge is 0.350 e. The largest absolute Gasteiger partial charge is 0.461 e. The summed E-state index contributed by atoms with van der Waals surface area (Å²) in [5.41, 5.74) is 0.883. The van der Waals surface area contributed by atoms with Gasteiger partial charge in [0.15, 0.2) is 10.3 Å². The van der Waals surface area contributed by atoms with Crippen molar-refractivity contribution in [2.24, 2.45) is 5.92 Å². The molecule has 1 amide bonds. The Bertz CT molecular complexity index is 1200. The molecule has 1 aromatic carbocycles. The van der Waals surface area contributed by atoms with E-state index >= 15 is 0 Å². The Morgan fingerprint density at radius 1 is 1.12 bits per heavy atom. The summed E-state index contributed by atoms with van der Waals surface area (Å²) in [5, 5.41) is 4.69. The SMILES string of the molecule is Cc1nc(NC(=O)Cc2csc(NS(=O)(=O)c3ccccc3)n2)sc1C(=O)OCC(C)C. The highest BCUT2D eigenvalue weighted by molar-refractivity contribution is 7.93. The van der Waals surface area contributed by atoms with Crippen molar-refractivity contribution < 1.29 is 22.7 Å². The molecule has 0 saturated carbocycles. The highest BCUT2D eigenvalue weighted by atomic mass is 32.2. The fourth-order valence-corrected chi connectivity index (χ4v) is 5.34. The maximum absolute atomic E-state index is 12.4. The predicted octanol–water partition coefficient (Wildman–Crippen LogP) is 3.70. The van der Waals surface area contributed by atoms with E-state index < -0.39 is 16.0 Å². The van der Waals surface area contributed by atoms with E-state index in [0.717, 1.165) is 22.7 Å². The number of benzene rings is 1. The number of rotatable bonds is 9. The Kier molecular flexibility index (Phi) is 7.59. The van der Waals surface area contributed by atoms with E-state index in [9.17, 15) is 18.0 Å². The number of hydrogen-bond donors (Lipinski definition) is 2. The van der Waals surface area contributed by atoms with Crippen LogP contribution in [-0.4, -0.2) is 36.9 Å². The number of anilines is 2. The number of hydrogen-bond acceptors (Lipinski definition) is 9. The Labute approximate surface area is 193 Å². The summed E-state index contributed by atoms with van der Waals surface area (Å²) in [4.78, 5) is 33.4. The van der Waals surface area contributed by atoms with Crippen molar-refractivity contribution in [1.82, 2.24) is 9.97 Å². The molecule has 0 radical (unpaired) electrons. The van der Waals surface area contributed by atoms with Gasteiger partial charge in [0.1, 0.15) is 4.88 Å². The normalized spacial score (nSPS) is 11.4. The van der Waals surface area contributed by atoms with E-state index in [1.165, 1.54) is 12.1 Å². The molecule has 0 aliphatic carbocycles. The van der Waals surface area contributed by atoms with Crippen molar-refractivity contribution in [3.05, 3.63) is 52.0 Å².